The molecule has 130 valence electrons. The summed E-state index contributed by atoms with van der Waals surface area (Å²) in [6, 6.07) is 7.79. The van der Waals surface area contributed by atoms with E-state index in [2.05, 4.69) is 15.6 Å². The van der Waals surface area contributed by atoms with Crippen LogP contribution in [0.1, 0.15) is 29.7 Å². The Morgan fingerprint density at radius 3 is 3.00 bits per heavy atom. The van der Waals surface area contributed by atoms with Gasteiger partial charge in [0.05, 0.1) is 0 Å². The van der Waals surface area contributed by atoms with E-state index >= 15 is 0 Å². The normalized spacial score (nSPS) is 16.6. The number of carbonyl (C=O) groups is 1. The number of benzene rings is 1. The molecule has 1 aromatic carbocycles. The summed E-state index contributed by atoms with van der Waals surface area (Å²) in [4.78, 5) is 17.4. The van der Waals surface area contributed by atoms with Crippen LogP contribution in [0.15, 0.2) is 30.5 Å². The number of thiazole rings is 1. The number of nitrogens with zero attached hydrogens (tertiary/aromatic N) is 1. The molecule has 0 aliphatic carbocycles. The van der Waals surface area contributed by atoms with Gasteiger partial charge in [0, 0.05) is 28.9 Å². The molecule has 7 heteroatoms. The van der Waals surface area contributed by atoms with Crippen LogP contribution in [0.4, 0.5) is 5.13 Å². The van der Waals surface area contributed by atoms with E-state index in [0.29, 0.717) is 17.5 Å². The van der Waals surface area contributed by atoms with Gasteiger partial charge in [-0.1, -0.05) is 29.8 Å². The van der Waals surface area contributed by atoms with Crippen molar-refractivity contribution in [2.75, 3.05) is 18.4 Å². The number of carbonyl (C=O) groups excluding carboxylic acids is 1. The van der Waals surface area contributed by atoms with Gasteiger partial charge in [-0.05, 0) is 43.5 Å². The fourth-order valence-corrected chi connectivity index (χ4v) is 3.81. The third-order valence-corrected chi connectivity index (χ3v) is 5.35. The number of hydrogen-bond acceptors (Lipinski definition) is 4. The summed E-state index contributed by atoms with van der Waals surface area (Å²) in [5.41, 5.74) is 1.07. The van der Waals surface area contributed by atoms with Gasteiger partial charge in [0.25, 0.3) is 0 Å². The topological polar surface area (TPSA) is 54.0 Å². The molecular formula is C17H21Cl2N3OS. The highest BCUT2D eigenvalue weighted by atomic mass is 35.5. The van der Waals surface area contributed by atoms with Crippen molar-refractivity contribution in [3.63, 3.8) is 0 Å². The molecule has 0 bridgehead atoms. The molecule has 0 saturated carbocycles. The second kappa shape index (κ2) is 9.37. The summed E-state index contributed by atoms with van der Waals surface area (Å²) in [5.74, 6) is 0.684. The SMILES string of the molecule is Cl.O=C(CCC1CCNC1)Nc1ncc(Cc2ccccc2Cl)s1. The van der Waals surface area contributed by atoms with Crippen LogP contribution >= 0.6 is 35.3 Å². The average Bonchev–Trinajstić information content (AvgIpc) is 3.19. The van der Waals surface area contributed by atoms with Crippen LogP contribution in [0.25, 0.3) is 0 Å². The average molecular weight is 386 g/mol. The predicted octanol–water partition coefficient (Wildman–Crippen LogP) is 4.14. The fraction of sp³-hybridized carbons (Fsp3) is 0.412. The van der Waals surface area contributed by atoms with Gasteiger partial charge in [0.15, 0.2) is 5.13 Å². The van der Waals surface area contributed by atoms with E-state index in [1.165, 1.54) is 17.8 Å². The minimum absolute atomic E-state index is 0. The zero-order valence-corrected chi connectivity index (χ0v) is 15.6. The van der Waals surface area contributed by atoms with Gasteiger partial charge in [-0.3, -0.25) is 4.79 Å². The summed E-state index contributed by atoms with van der Waals surface area (Å²) in [7, 11) is 0. The molecule has 1 amide bonds. The van der Waals surface area contributed by atoms with Crippen molar-refractivity contribution in [2.45, 2.75) is 25.7 Å². The van der Waals surface area contributed by atoms with Crippen molar-refractivity contribution < 1.29 is 4.79 Å². The molecule has 1 aromatic heterocycles. The third-order valence-electron chi connectivity index (χ3n) is 4.06. The quantitative estimate of drug-likeness (QED) is 0.785. The molecule has 1 fully saturated rings. The Morgan fingerprint density at radius 2 is 2.25 bits per heavy atom. The standard InChI is InChI=1S/C17H20ClN3OS.ClH/c18-15-4-2-1-3-13(15)9-14-11-20-17(23-14)21-16(22)6-5-12-7-8-19-10-12;/h1-4,11-12,19H,5-10H2,(H,20,21,22);1H. The molecule has 1 aliphatic heterocycles. The Morgan fingerprint density at radius 1 is 1.42 bits per heavy atom. The van der Waals surface area contributed by atoms with E-state index in [-0.39, 0.29) is 18.3 Å². The van der Waals surface area contributed by atoms with Crippen molar-refractivity contribution in [3.8, 4) is 0 Å². The van der Waals surface area contributed by atoms with E-state index in [9.17, 15) is 4.79 Å². The van der Waals surface area contributed by atoms with Crippen LogP contribution in [0.3, 0.4) is 0 Å². The summed E-state index contributed by atoms with van der Waals surface area (Å²) in [5, 5.41) is 7.65. The zero-order chi connectivity index (χ0) is 16.1. The molecule has 1 saturated heterocycles. The highest BCUT2D eigenvalue weighted by Crippen LogP contribution is 2.25. The molecule has 2 N–H and O–H groups in total. The van der Waals surface area contributed by atoms with Gasteiger partial charge in [0.1, 0.15) is 0 Å². The van der Waals surface area contributed by atoms with Crippen LogP contribution in [-0.4, -0.2) is 24.0 Å². The van der Waals surface area contributed by atoms with Gasteiger partial charge < -0.3 is 10.6 Å². The highest BCUT2D eigenvalue weighted by molar-refractivity contribution is 7.15. The molecule has 1 unspecified atom stereocenters. The minimum Gasteiger partial charge on any atom is -0.316 e. The van der Waals surface area contributed by atoms with Crippen LogP contribution in [0.5, 0.6) is 0 Å². The van der Waals surface area contributed by atoms with E-state index in [0.717, 1.165) is 41.4 Å². The van der Waals surface area contributed by atoms with Crippen molar-refractivity contribution in [1.29, 1.82) is 0 Å². The van der Waals surface area contributed by atoms with Crippen molar-refractivity contribution in [1.82, 2.24) is 10.3 Å². The van der Waals surface area contributed by atoms with Gasteiger partial charge in [-0.15, -0.1) is 23.7 Å². The number of aromatic nitrogens is 1. The fourth-order valence-electron chi connectivity index (χ4n) is 2.75. The Bertz CT molecular complexity index is 671. The van der Waals surface area contributed by atoms with Gasteiger partial charge in [0.2, 0.25) is 5.91 Å². The van der Waals surface area contributed by atoms with Crippen molar-refractivity contribution in [3.05, 3.63) is 45.9 Å². The lowest BCUT2D eigenvalue weighted by atomic mass is 10.0. The van der Waals surface area contributed by atoms with Gasteiger partial charge >= 0.3 is 0 Å². The lowest BCUT2D eigenvalue weighted by Crippen LogP contribution is -2.14. The largest absolute Gasteiger partial charge is 0.316 e. The Labute approximate surface area is 157 Å². The van der Waals surface area contributed by atoms with Gasteiger partial charge in [-0.2, -0.15) is 0 Å². The molecule has 0 radical (unpaired) electrons. The number of rotatable bonds is 6. The maximum absolute atomic E-state index is 12.0. The van der Waals surface area contributed by atoms with Crippen LogP contribution in [0.2, 0.25) is 5.02 Å². The molecule has 0 spiro atoms. The first-order valence-corrected chi connectivity index (χ1v) is 9.09. The second-order valence-electron chi connectivity index (χ2n) is 5.85. The molecule has 24 heavy (non-hydrogen) atoms. The Kier molecular flexibility index (Phi) is 7.49. The number of amides is 1. The third kappa shape index (κ3) is 5.45. The van der Waals surface area contributed by atoms with E-state index in [4.69, 9.17) is 11.6 Å². The van der Waals surface area contributed by atoms with E-state index < -0.39 is 0 Å². The number of nitrogens with one attached hydrogen (secondary N) is 2. The molecule has 2 aromatic rings. The first kappa shape index (κ1) is 19.2. The van der Waals surface area contributed by atoms with Crippen molar-refractivity contribution in [2.24, 2.45) is 5.92 Å². The molecule has 1 aliphatic rings. The smallest absolute Gasteiger partial charge is 0.226 e. The molecule has 1 atom stereocenters. The summed E-state index contributed by atoms with van der Waals surface area (Å²) in [6.07, 6.45) is 5.22. The lowest BCUT2D eigenvalue weighted by Gasteiger charge is -2.07. The molecule has 4 nitrogen and oxygen atoms in total. The first-order chi connectivity index (χ1) is 11.2. The van der Waals surface area contributed by atoms with E-state index in [1.54, 1.807) is 0 Å². The molecule has 3 rings (SSSR count). The maximum Gasteiger partial charge on any atom is 0.226 e. The van der Waals surface area contributed by atoms with Crippen LogP contribution < -0.4 is 10.6 Å². The number of halogens is 2. The highest BCUT2D eigenvalue weighted by Gasteiger charge is 2.16. The minimum atomic E-state index is 0. The summed E-state index contributed by atoms with van der Waals surface area (Å²) < 4.78 is 0. The molecular weight excluding hydrogens is 365 g/mol. The number of hydrogen-bond donors (Lipinski definition) is 2. The molecule has 2 heterocycles. The monoisotopic (exact) mass is 385 g/mol. The lowest BCUT2D eigenvalue weighted by molar-refractivity contribution is -0.116. The summed E-state index contributed by atoms with van der Waals surface area (Å²) >= 11 is 7.69. The van der Waals surface area contributed by atoms with Crippen LogP contribution in [0, 0.1) is 5.92 Å². The van der Waals surface area contributed by atoms with Gasteiger partial charge in [-0.25, -0.2) is 4.98 Å². The second-order valence-corrected chi connectivity index (χ2v) is 7.37. The first-order valence-electron chi connectivity index (χ1n) is 7.89. The Balaban J connectivity index is 0.00000208. The predicted molar refractivity (Wildman–Crippen MR) is 102 cm³/mol. The Hall–Kier alpha value is -1.14. The summed E-state index contributed by atoms with van der Waals surface area (Å²) in [6.45, 7) is 2.11. The van der Waals surface area contributed by atoms with E-state index in [1.807, 2.05) is 30.5 Å². The zero-order valence-electron chi connectivity index (χ0n) is 13.3. The number of anilines is 1. The van der Waals surface area contributed by atoms with Crippen molar-refractivity contribution >= 4 is 46.4 Å². The maximum atomic E-state index is 12.0. The van der Waals surface area contributed by atoms with Crippen LogP contribution in [-0.2, 0) is 11.2 Å².